The number of aromatic nitrogens is 4. The van der Waals surface area contributed by atoms with Crippen LogP contribution in [0.1, 0.15) is 47.8 Å². The Morgan fingerprint density at radius 1 is 1.15 bits per heavy atom. The highest BCUT2D eigenvalue weighted by Crippen LogP contribution is 2.40. The second-order valence-corrected chi connectivity index (χ2v) is 17.7. The number of carbonyl (C=O) groups excluding carboxylic acids is 1. The molecule has 0 bridgehead atoms. The average Bonchev–Trinajstić information content (AvgIpc) is 3.41. The van der Waals surface area contributed by atoms with E-state index in [4.69, 9.17) is 13.9 Å². The number of benzene rings is 1. The van der Waals surface area contributed by atoms with Gasteiger partial charge in [-0.25, -0.2) is 4.98 Å². The fourth-order valence-electron chi connectivity index (χ4n) is 4.26. The molecule has 5 atom stereocenters. The standard InChI is InChI=1S/C28H41N5O7Si/c1-27(2,3)32-26-30-23-18(24(37)31-26)29-15-33(23)25-20(36)19(35)22(39-25)21(40-41(7,8)28(4,5)6)17(34)14-38-16-12-10-9-11-13-16/h9-13,15,19-22,25,35-36H,14H2,1-8H3,(H2,30,31,32,37)/t19-,20+,21?,22-,25+/m0/s1. The molecule has 1 aromatic carbocycles. The second-order valence-electron chi connectivity index (χ2n) is 13.0. The number of rotatable bonds is 9. The van der Waals surface area contributed by atoms with E-state index in [0.29, 0.717) is 5.75 Å². The zero-order valence-corrected chi connectivity index (χ0v) is 25.8. The topological polar surface area (TPSA) is 161 Å². The molecule has 3 aromatic rings. The first-order chi connectivity index (χ1) is 19.0. The third-order valence-corrected chi connectivity index (χ3v) is 11.9. The predicted molar refractivity (Wildman–Crippen MR) is 156 cm³/mol. The van der Waals surface area contributed by atoms with Crippen molar-refractivity contribution in [2.75, 3.05) is 11.9 Å². The van der Waals surface area contributed by atoms with Gasteiger partial charge in [0.2, 0.25) is 5.95 Å². The van der Waals surface area contributed by atoms with Crippen LogP contribution < -0.4 is 15.6 Å². The maximum Gasteiger partial charge on any atom is 0.280 e. The lowest BCUT2D eigenvalue weighted by atomic mass is 10.0. The number of para-hydroxylation sites is 1. The number of ether oxygens (including phenoxy) is 2. The minimum atomic E-state index is -2.56. The summed E-state index contributed by atoms with van der Waals surface area (Å²) in [7, 11) is -2.56. The number of Topliss-reactive ketones (excluding diaryl/α,β-unsaturated/α-hetero) is 1. The van der Waals surface area contributed by atoms with E-state index in [1.54, 1.807) is 24.3 Å². The van der Waals surface area contributed by atoms with Crippen LogP contribution in [0.4, 0.5) is 5.95 Å². The summed E-state index contributed by atoms with van der Waals surface area (Å²) in [5, 5.41) is 25.2. The molecular formula is C28H41N5O7Si. The first-order valence-corrected chi connectivity index (χ1v) is 16.5. The van der Waals surface area contributed by atoms with Crippen LogP contribution in [0.3, 0.4) is 0 Å². The third-order valence-electron chi connectivity index (χ3n) is 7.44. The number of imidazole rings is 1. The van der Waals surface area contributed by atoms with E-state index in [9.17, 15) is 19.8 Å². The Kier molecular flexibility index (Phi) is 8.49. The molecule has 224 valence electrons. The lowest BCUT2D eigenvalue weighted by molar-refractivity contribution is -0.141. The van der Waals surface area contributed by atoms with Gasteiger partial charge in [0.25, 0.3) is 5.56 Å². The quantitative estimate of drug-likeness (QED) is 0.274. The molecule has 4 N–H and O–H groups in total. The summed E-state index contributed by atoms with van der Waals surface area (Å²) in [6.45, 7) is 15.5. The molecule has 4 rings (SSSR count). The van der Waals surface area contributed by atoms with Crippen molar-refractivity contribution in [2.24, 2.45) is 0 Å². The van der Waals surface area contributed by atoms with Gasteiger partial charge < -0.3 is 29.4 Å². The smallest absolute Gasteiger partial charge is 0.280 e. The van der Waals surface area contributed by atoms with Gasteiger partial charge in [-0.15, -0.1) is 0 Å². The van der Waals surface area contributed by atoms with E-state index >= 15 is 0 Å². The van der Waals surface area contributed by atoms with Gasteiger partial charge in [0.1, 0.15) is 36.8 Å². The van der Waals surface area contributed by atoms with Gasteiger partial charge >= 0.3 is 0 Å². The first kappa shape index (κ1) is 30.8. The van der Waals surface area contributed by atoms with Gasteiger partial charge in [-0.2, -0.15) is 4.98 Å². The van der Waals surface area contributed by atoms with Crippen LogP contribution >= 0.6 is 0 Å². The molecule has 1 unspecified atom stereocenters. The monoisotopic (exact) mass is 587 g/mol. The summed E-state index contributed by atoms with van der Waals surface area (Å²) in [5.74, 6) is 0.296. The summed E-state index contributed by atoms with van der Waals surface area (Å²) in [6.07, 6.45) is -5.26. The average molecular weight is 588 g/mol. The van der Waals surface area contributed by atoms with E-state index in [2.05, 4.69) is 20.3 Å². The molecule has 2 aromatic heterocycles. The minimum absolute atomic E-state index is 0.0413. The predicted octanol–water partition coefficient (Wildman–Crippen LogP) is 2.99. The number of nitrogens with zero attached hydrogens (tertiary/aromatic N) is 3. The number of hydrogen-bond donors (Lipinski definition) is 4. The molecule has 0 spiro atoms. The van der Waals surface area contributed by atoms with Crippen molar-refractivity contribution in [1.82, 2.24) is 19.5 Å². The van der Waals surface area contributed by atoms with Crippen molar-refractivity contribution in [3.63, 3.8) is 0 Å². The number of aliphatic hydroxyl groups is 2. The van der Waals surface area contributed by atoms with E-state index in [1.807, 2.05) is 60.7 Å². The van der Waals surface area contributed by atoms with Gasteiger partial charge in [0.15, 0.2) is 31.5 Å². The lowest BCUT2D eigenvalue weighted by Crippen LogP contribution is -2.53. The summed E-state index contributed by atoms with van der Waals surface area (Å²) < 4.78 is 19.8. The summed E-state index contributed by atoms with van der Waals surface area (Å²) >= 11 is 0. The number of aromatic amines is 1. The zero-order chi connectivity index (χ0) is 30.3. The summed E-state index contributed by atoms with van der Waals surface area (Å²) in [5.41, 5.74) is -0.676. The van der Waals surface area contributed by atoms with E-state index in [-0.39, 0.29) is 28.8 Å². The molecule has 1 aliphatic heterocycles. The number of fused-ring (bicyclic) bond motifs is 1. The van der Waals surface area contributed by atoms with Crippen LogP contribution in [0.5, 0.6) is 5.75 Å². The lowest BCUT2D eigenvalue weighted by Gasteiger charge is -2.40. The van der Waals surface area contributed by atoms with Crippen LogP contribution in [0.2, 0.25) is 18.1 Å². The molecule has 0 amide bonds. The molecule has 1 fully saturated rings. The van der Waals surface area contributed by atoms with E-state index in [1.165, 1.54) is 10.9 Å². The van der Waals surface area contributed by atoms with Crippen LogP contribution in [0.15, 0.2) is 41.5 Å². The van der Waals surface area contributed by atoms with E-state index < -0.39 is 55.8 Å². The number of hydrogen-bond acceptors (Lipinski definition) is 10. The molecule has 0 radical (unpaired) electrons. The normalized spacial score (nSPS) is 22.6. The molecule has 1 saturated heterocycles. The van der Waals surface area contributed by atoms with E-state index in [0.717, 1.165) is 0 Å². The molecular weight excluding hydrogens is 546 g/mol. The molecule has 0 saturated carbocycles. The Labute approximate surface area is 240 Å². The van der Waals surface area contributed by atoms with Crippen molar-refractivity contribution in [3.05, 3.63) is 47.0 Å². The van der Waals surface area contributed by atoms with Crippen LogP contribution in [-0.4, -0.2) is 80.4 Å². The molecule has 1 aliphatic rings. The second kappa shape index (κ2) is 11.3. The first-order valence-electron chi connectivity index (χ1n) is 13.6. The largest absolute Gasteiger partial charge is 0.486 e. The maximum absolute atomic E-state index is 13.6. The summed E-state index contributed by atoms with van der Waals surface area (Å²) in [6, 6.07) is 8.90. The van der Waals surface area contributed by atoms with Crippen molar-refractivity contribution in [1.29, 1.82) is 0 Å². The number of anilines is 1. The highest BCUT2D eigenvalue weighted by atomic mass is 28.4. The van der Waals surface area contributed by atoms with Gasteiger partial charge in [-0.05, 0) is 51.0 Å². The van der Waals surface area contributed by atoms with Gasteiger partial charge in [0, 0.05) is 5.54 Å². The van der Waals surface area contributed by atoms with Crippen molar-refractivity contribution < 1.29 is 28.9 Å². The van der Waals surface area contributed by atoms with Crippen molar-refractivity contribution in [3.8, 4) is 5.75 Å². The number of H-pyrrole nitrogens is 1. The number of ketones is 1. The highest BCUT2D eigenvalue weighted by Gasteiger charge is 2.52. The van der Waals surface area contributed by atoms with Crippen LogP contribution in [0, 0.1) is 0 Å². The van der Waals surface area contributed by atoms with Crippen LogP contribution in [-0.2, 0) is 14.0 Å². The Bertz CT molecular complexity index is 1430. The summed E-state index contributed by atoms with van der Waals surface area (Å²) in [4.78, 5) is 37.6. The Morgan fingerprint density at radius 3 is 2.41 bits per heavy atom. The molecule has 13 heteroatoms. The Morgan fingerprint density at radius 2 is 1.80 bits per heavy atom. The van der Waals surface area contributed by atoms with Gasteiger partial charge in [0.05, 0.1) is 6.33 Å². The van der Waals surface area contributed by atoms with Crippen molar-refractivity contribution in [2.45, 2.75) is 95.9 Å². The molecule has 3 heterocycles. The van der Waals surface area contributed by atoms with Crippen molar-refractivity contribution >= 4 is 31.2 Å². The molecule has 0 aliphatic carbocycles. The number of nitrogens with one attached hydrogen (secondary N) is 2. The van der Waals surface area contributed by atoms with Gasteiger partial charge in [-0.3, -0.25) is 19.1 Å². The van der Waals surface area contributed by atoms with Gasteiger partial charge in [-0.1, -0.05) is 39.0 Å². The maximum atomic E-state index is 13.6. The molecule has 12 nitrogen and oxygen atoms in total. The van der Waals surface area contributed by atoms with Crippen LogP contribution in [0.25, 0.3) is 11.2 Å². The number of carbonyl (C=O) groups is 1. The zero-order valence-electron chi connectivity index (χ0n) is 24.8. The SMILES string of the molecule is CC(C)(C)Nc1nc2c(ncn2[C@@H]2O[C@H](C(O[Si](C)(C)C(C)(C)C)C(=O)COc3ccccc3)[C@@H](O)[C@H]2O)c(=O)[nH]1. The number of aliphatic hydroxyl groups excluding tert-OH is 2. The minimum Gasteiger partial charge on any atom is -0.486 e. The molecule has 41 heavy (non-hydrogen) atoms. The highest BCUT2D eigenvalue weighted by molar-refractivity contribution is 6.74. The Hall–Kier alpha value is -3.10. The Balaban J connectivity index is 1.67. The fraction of sp³-hybridized carbons (Fsp3) is 0.571. The fourth-order valence-corrected chi connectivity index (χ4v) is 5.51. The third kappa shape index (κ3) is 6.70.